The van der Waals surface area contributed by atoms with Gasteiger partial charge in [0.15, 0.2) is 0 Å². The van der Waals surface area contributed by atoms with Crippen molar-refractivity contribution in [3.63, 3.8) is 0 Å². The fourth-order valence-electron chi connectivity index (χ4n) is 3.15. The van der Waals surface area contributed by atoms with E-state index in [-0.39, 0.29) is 0 Å². The van der Waals surface area contributed by atoms with Crippen LogP contribution in [0.1, 0.15) is 57.2 Å². The summed E-state index contributed by atoms with van der Waals surface area (Å²) in [5, 5.41) is 0. The Kier molecular flexibility index (Phi) is 8.38. The highest BCUT2D eigenvalue weighted by Gasteiger charge is 2.04. The molecular weight excluding hydrogens is 380 g/mol. The minimum absolute atomic E-state index is 0.695. The third-order valence-electron chi connectivity index (χ3n) is 4.71. The molecule has 2 aromatic carbocycles. The molecule has 0 fully saturated rings. The van der Waals surface area contributed by atoms with Crippen molar-refractivity contribution in [3.8, 4) is 0 Å². The first kappa shape index (κ1) is 20.7. The van der Waals surface area contributed by atoms with E-state index in [1.807, 2.05) is 0 Å². The van der Waals surface area contributed by atoms with Crippen LogP contribution in [-0.4, -0.2) is 0 Å². The van der Waals surface area contributed by atoms with Crippen LogP contribution in [0.3, 0.4) is 0 Å². The summed E-state index contributed by atoms with van der Waals surface area (Å²) in [4.78, 5) is 0. The second-order valence-corrected chi connectivity index (χ2v) is 8.51. The van der Waals surface area contributed by atoms with E-state index in [2.05, 4.69) is 104 Å². The fraction of sp³-hybridized carbons (Fsp3) is 0.360. The van der Waals surface area contributed by atoms with Crippen LogP contribution in [0.2, 0.25) is 0 Å². The van der Waals surface area contributed by atoms with E-state index in [0.717, 1.165) is 23.7 Å². The zero-order valence-corrected chi connectivity index (χ0v) is 18.1. The number of halogens is 1. The first-order valence-corrected chi connectivity index (χ1v) is 10.4. The van der Waals surface area contributed by atoms with Gasteiger partial charge in [-0.25, -0.2) is 0 Å². The molecule has 0 aromatic heterocycles. The van der Waals surface area contributed by atoms with Gasteiger partial charge in [-0.05, 0) is 86.8 Å². The summed E-state index contributed by atoms with van der Waals surface area (Å²) < 4.78 is 1.14. The van der Waals surface area contributed by atoms with Crippen molar-refractivity contribution < 1.29 is 0 Å². The molecule has 1 atom stereocenters. The lowest BCUT2D eigenvalue weighted by atomic mass is 9.94. The van der Waals surface area contributed by atoms with Gasteiger partial charge in [0.1, 0.15) is 0 Å². The van der Waals surface area contributed by atoms with Crippen LogP contribution in [0.15, 0.2) is 70.7 Å². The minimum atomic E-state index is 0.695. The van der Waals surface area contributed by atoms with Crippen LogP contribution in [0, 0.1) is 5.92 Å². The molecule has 1 unspecified atom stereocenters. The molecule has 0 spiro atoms. The summed E-state index contributed by atoms with van der Waals surface area (Å²) in [6, 6.07) is 17.6. The van der Waals surface area contributed by atoms with Gasteiger partial charge in [-0.3, -0.25) is 0 Å². The number of allylic oxidation sites excluding steroid dienone is 4. The Morgan fingerprint density at radius 2 is 1.69 bits per heavy atom. The summed E-state index contributed by atoms with van der Waals surface area (Å²) in [5.74, 6) is 0.695. The van der Waals surface area contributed by atoms with Crippen LogP contribution in [0.25, 0.3) is 5.57 Å². The van der Waals surface area contributed by atoms with E-state index in [9.17, 15) is 0 Å². The quantitative estimate of drug-likeness (QED) is 0.386. The monoisotopic (exact) mass is 410 g/mol. The molecule has 0 bridgehead atoms. The maximum absolute atomic E-state index is 3.55. The van der Waals surface area contributed by atoms with Gasteiger partial charge in [0.05, 0.1) is 0 Å². The van der Waals surface area contributed by atoms with E-state index in [4.69, 9.17) is 0 Å². The summed E-state index contributed by atoms with van der Waals surface area (Å²) in [6.45, 7) is 8.90. The molecule has 0 saturated carbocycles. The smallest absolute Gasteiger partial charge is 0.0181 e. The molecule has 0 aliphatic rings. The molecule has 2 aromatic rings. The minimum Gasteiger partial charge on any atom is -0.0815 e. The molecule has 2 rings (SSSR count). The molecule has 0 N–H and O–H groups in total. The fourth-order valence-corrected chi connectivity index (χ4v) is 3.55. The Labute approximate surface area is 168 Å². The number of hydrogen-bond acceptors (Lipinski definition) is 0. The normalized spacial score (nSPS) is 12.7. The average molecular weight is 411 g/mol. The van der Waals surface area contributed by atoms with Gasteiger partial charge in [-0.15, -0.1) is 0 Å². The maximum Gasteiger partial charge on any atom is 0.0181 e. The Balaban J connectivity index is 1.87. The van der Waals surface area contributed by atoms with Crippen LogP contribution in [-0.2, 0) is 12.8 Å². The predicted molar refractivity (Wildman–Crippen MR) is 119 cm³/mol. The Bertz CT molecular complexity index is 763. The van der Waals surface area contributed by atoms with Crippen LogP contribution in [0.5, 0.6) is 0 Å². The Hall–Kier alpha value is -1.60. The number of rotatable bonds is 8. The first-order valence-electron chi connectivity index (χ1n) is 9.58. The largest absolute Gasteiger partial charge is 0.0815 e. The van der Waals surface area contributed by atoms with Crippen molar-refractivity contribution in [1.82, 2.24) is 0 Å². The number of benzene rings is 2. The molecule has 0 aliphatic heterocycles. The van der Waals surface area contributed by atoms with Crippen LogP contribution < -0.4 is 0 Å². The topological polar surface area (TPSA) is 0 Å². The van der Waals surface area contributed by atoms with Crippen LogP contribution >= 0.6 is 15.9 Å². The average Bonchev–Trinajstić information content (AvgIpc) is 2.60. The van der Waals surface area contributed by atoms with Crippen molar-refractivity contribution in [1.29, 1.82) is 0 Å². The van der Waals surface area contributed by atoms with Crippen molar-refractivity contribution in [2.24, 2.45) is 5.92 Å². The Morgan fingerprint density at radius 3 is 2.42 bits per heavy atom. The standard InChI is InChI=1S/C25H31Br/c1-19(2)14-15-22-10-6-11-23(17-22)16-20(3)8-5-9-21(4)24-12-7-13-25(26)18-24/h6-7,9-14,17-18,20H,5,8,15-16H2,1-4H3/b21-9+. The zero-order valence-electron chi connectivity index (χ0n) is 16.6. The molecule has 1 heteroatoms. The molecule has 0 heterocycles. The van der Waals surface area contributed by atoms with Gasteiger partial charge in [-0.2, -0.15) is 0 Å². The Morgan fingerprint density at radius 1 is 0.962 bits per heavy atom. The molecule has 0 amide bonds. The van der Waals surface area contributed by atoms with Gasteiger partial charge in [0, 0.05) is 4.47 Å². The van der Waals surface area contributed by atoms with E-state index >= 15 is 0 Å². The van der Waals surface area contributed by atoms with Gasteiger partial charge >= 0.3 is 0 Å². The van der Waals surface area contributed by atoms with Gasteiger partial charge in [0.25, 0.3) is 0 Å². The van der Waals surface area contributed by atoms with Crippen molar-refractivity contribution >= 4 is 21.5 Å². The lowest BCUT2D eigenvalue weighted by Gasteiger charge is -2.12. The molecule has 138 valence electrons. The van der Waals surface area contributed by atoms with Crippen LogP contribution in [0.4, 0.5) is 0 Å². The van der Waals surface area contributed by atoms with E-state index in [1.54, 1.807) is 0 Å². The summed E-state index contributed by atoms with van der Waals surface area (Å²) >= 11 is 3.55. The molecule has 0 saturated heterocycles. The molecule has 26 heavy (non-hydrogen) atoms. The molecule has 0 radical (unpaired) electrons. The van der Waals surface area contributed by atoms with E-state index in [1.165, 1.54) is 34.3 Å². The van der Waals surface area contributed by atoms with E-state index in [0.29, 0.717) is 5.92 Å². The molecule has 0 nitrogen and oxygen atoms in total. The van der Waals surface area contributed by atoms with Gasteiger partial charge < -0.3 is 0 Å². The highest BCUT2D eigenvalue weighted by Crippen LogP contribution is 2.21. The second-order valence-electron chi connectivity index (χ2n) is 7.59. The van der Waals surface area contributed by atoms with Crippen molar-refractivity contribution in [2.75, 3.05) is 0 Å². The molecular formula is C25H31Br. The third-order valence-corrected chi connectivity index (χ3v) is 5.20. The maximum atomic E-state index is 3.55. The summed E-state index contributed by atoms with van der Waals surface area (Å²) in [7, 11) is 0. The SMILES string of the molecule is CC(C)=CCc1cccc(CC(C)CC/C=C(\C)c2cccc(Br)c2)c1. The predicted octanol–water partition coefficient (Wildman–Crippen LogP) is 8.02. The van der Waals surface area contributed by atoms with Crippen molar-refractivity contribution in [3.05, 3.63) is 87.4 Å². The lowest BCUT2D eigenvalue weighted by Crippen LogP contribution is -2.00. The highest BCUT2D eigenvalue weighted by molar-refractivity contribution is 9.10. The zero-order chi connectivity index (χ0) is 18.9. The lowest BCUT2D eigenvalue weighted by molar-refractivity contribution is 0.536. The van der Waals surface area contributed by atoms with Crippen molar-refractivity contribution in [2.45, 2.75) is 53.4 Å². The number of hydrogen-bond donors (Lipinski definition) is 0. The first-order chi connectivity index (χ1) is 12.4. The van der Waals surface area contributed by atoms with E-state index < -0.39 is 0 Å². The summed E-state index contributed by atoms with van der Waals surface area (Å²) in [5.41, 5.74) is 6.93. The third kappa shape index (κ3) is 7.33. The second kappa shape index (κ2) is 10.5. The van der Waals surface area contributed by atoms with Gasteiger partial charge in [-0.1, -0.05) is 77.0 Å². The van der Waals surface area contributed by atoms with Gasteiger partial charge in [0.2, 0.25) is 0 Å². The molecule has 0 aliphatic carbocycles. The highest BCUT2D eigenvalue weighted by atomic mass is 79.9. The summed E-state index contributed by atoms with van der Waals surface area (Å²) in [6.07, 6.45) is 9.24.